The normalized spacial score (nSPS) is 9.85. The molecular formula is C5H4N8. The molecule has 0 aliphatic rings. The van der Waals surface area contributed by atoms with Gasteiger partial charge in [0.1, 0.15) is 5.82 Å². The Morgan fingerprint density at radius 1 is 1.46 bits per heavy atom. The molecule has 2 aromatic rings. The van der Waals surface area contributed by atoms with Crippen molar-refractivity contribution in [3.63, 3.8) is 0 Å². The fourth-order valence-electron chi connectivity index (χ4n) is 0.895. The van der Waals surface area contributed by atoms with Crippen molar-refractivity contribution in [2.45, 2.75) is 0 Å². The van der Waals surface area contributed by atoms with Crippen molar-refractivity contribution in [3.05, 3.63) is 22.6 Å². The van der Waals surface area contributed by atoms with E-state index in [4.69, 9.17) is 11.3 Å². The summed E-state index contributed by atoms with van der Waals surface area (Å²) in [5.41, 5.74) is 14.1. The Morgan fingerprint density at radius 3 is 3.08 bits per heavy atom. The second-order valence-electron chi connectivity index (χ2n) is 2.21. The molecule has 64 valence electrons. The Kier molecular flexibility index (Phi) is 1.47. The zero-order valence-electron chi connectivity index (χ0n) is 6.36. The standard InChI is InChI=1S/C5H4N8/c6-5-10-9-4-2-1-3(8-12-7)11-13(4)5/h1-2H,(H2,6,10). The van der Waals surface area contributed by atoms with E-state index < -0.39 is 0 Å². The fourth-order valence-corrected chi connectivity index (χ4v) is 0.895. The number of nitrogen functional groups attached to an aromatic ring is 1. The molecule has 2 aromatic heterocycles. The van der Waals surface area contributed by atoms with Crippen LogP contribution in [-0.4, -0.2) is 19.8 Å². The maximum Gasteiger partial charge on any atom is 0.243 e. The summed E-state index contributed by atoms with van der Waals surface area (Å²) in [6, 6.07) is 3.14. The van der Waals surface area contributed by atoms with Crippen molar-refractivity contribution in [1.29, 1.82) is 0 Å². The van der Waals surface area contributed by atoms with Crippen LogP contribution in [0.25, 0.3) is 16.1 Å². The highest BCUT2D eigenvalue weighted by molar-refractivity contribution is 5.44. The number of hydrogen-bond acceptors (Lipinski definition) is 5. The van der Waals surface area contributed by atoms with Crippen LogP contribution in [0.2, 0.25) is 0 Å². The first kappa shape index (κ1) is 7.32. The van der Waals surface area contributed by atoms with Gasteiger partial charge in [0.05, 0.1) is 0 Å². The van der Waals surface area contributed by atoms with E-state index in [9.17, 15) is 0 Å². The molecule has 8 nitrogen and oxygen atoms in total. The highest BCUT2D eigenvalue weighted by atomic mass is 15.4. The van der Waals surface area contributed by atoms with Gasteiger partial charge >= 0.3 is 0 Å². The average Bonchev–Trinajstić information content (AvgIpc) is 2.49. The predicted molar refractivity (Wildman–Crippen MR) is 44.0 cm³/mol. The smallest absolute Gasteiger partial charge is 0.243 e. The minimum atomic E-state index is 0.157. The van der Waals surface area contributed by atoms with Gasteiger partial charge in [-0.15, -0.1) is 10.2 Å². The highest BCUT2D eigenvalue weighted by Crippen LogP contribution is 2.10. The molecule has 0 bridgehead atoms. The van der Waals surface area contributed by atoms with E-state index in [1.165, 1.54) is 10.6 Å². The number of hydrogen-bond donors (Lipinski definition) is 1. The lowest BCUT2D eigenvalue weighted by Gasteiger charge is -1.93. The van der Waals surface area contributed by atoms with Crippen LogP contribution in [0, 0.1) is 0 Å². The molecule has 0 saturated heterocycles. The van der Waals surface area contributed by atoms with Crippen LogP contribution in [0.1, 0.15) is 0 Å². The Morgan fingerprint density at radius 2 is 2.31 bits per heavy atom. The molecule has 0 aromatic carbocycles. The molecule has 13 heavy (non-hydrogen) atoms. The summed E-state index contributed by atoms with van der Waals surface area (Å²) in [7, 11) is 0. The molecule has 2 rings (SSSR count). The Bertz CT molecular complexity index is 492. The Hall–Kier alpha value is -2.34. The molecule has 0 spiro atoms. The second kappa shape index (κ2) is 2.61. The van der Waals surface area contributed by atoms with E-state index in [1.807, 2.05) is 0 Å². The first-order valence-corrected chi connectivity index (χ1v) is 3.34. The van der Waals surface area contributed by atoms with E-state index in [1.54, 1.807) is 6.07 Å². The second-order valence-corrected chi connectivity index (χ2v) is 2.21. The van der Waals surface area contributed by atoms with Gasteiger partial charge in [0.25, 0.3) is 0 Å². The molecule has 0 unspecified atom stereocenters. The number of nitrogens with zero attached hydrogens (tertiary/aromatic N) is 7. The summed E-state index contributed by atoms with van der Waals surface area (Å²) < 4.78 is 1.30. The topological polar surface area (TPSA) is 118 Å². The van der Waals surface area contributed by atoms with Gasteiger partial charge in [-0.2, -0.15) is 9.61 Å². The van der Waals surface area contributed by atoms with E-state index in [0.29, 0.717) is 5.65 Å². The molecule has 0 atom stereocenters. The van der Waals surface area contributed by atoms with E-state index in [2.05, 4.69) is 25.3 Å². The van der Waals surface area contributed by atoms with Crippen molar-refractivity contribution < 1.29 is 0 Å². The summed E-state index contributed by atoms with van der Waals surface area (Å²) in [5.74, 6) is 0.381. The van der Waals surface area contributed by atoms with Crippen molar-refractivity contribution in [2.24, 2.45) is 5.11 Å². The molecule has 8 heteroatoms. The van der Waals surface area contributed by atoms with Gasteiger partial charge < -0.3 is 5.73 Å². The SMILES string of the molecule is [N-]=[N+]=Nc1ccc2nnc(N)n2n1. The van der Waals surface area contributed by atoms with Gasteiger partial charge in [0, 0.05) is 4.91 Å². The lowest BCUT2D eigenvalue weighted by Crippen LogP contribution is -1.97. The molecule has 0 aliphatic heterocycles. The third-order valence-corrected chi connectivity index (χ3v) is 1.42. The number of rotatable bonds is 1. The van der Waals surface area contributed by atoms with Gasteiger partial charge in [-0.25, -0.2) is 0 Å². The summed E-state index contributed by atoms with van der Waals surface area (Å²) in [6.07, 6.45) is 0. The van der Waals surface area contributed by atoms with Crippen LogP contribution in [0.4, 0.5) is 11.8 Å². The number of aromatic nitrogens is 4. The summed E-state index contributed by atoms with van der Waals surface area (Å²) >= 11 is 0. The maximum atomic E-state index is 8.16. The van der Waals surface area contributed by atoms with Crippen molar-refractivity contribution in [1.82, 2.24) is 19.8 Å². The van der Waals surface area contributed by atoms with Gasteiger partial charge in [-0.3, -0.25) is 0 Å². The number of anilines is 1. The molecule has 2 heterocycles. The Labute approximate surface area is 71.6 Å². The van der Waals surface area contributed by atoms with E-state index in [0.717, 1.165) is 0 Å². The zero-order valence-corrected chi connectivity index (χ0v) is 6.36. The van der Waals surface area contributed by atoms with Gasteiger partial charge in [0.2, 0.25) is 5.95 Å². The number of azide groups is 1. The first-order chi connectivity index (χ1) is 6.31. The van der Waals surface area contributed by atoms with Crippen molar-refractivity contribution in [2.75, 3.05) is 5.73 Å². The van der Waals surface area contributed by atoms with E-state index >= 15 is 0 Å². The van der Waals surface area contributed by atoms with Gasteiger partial charge in [0.15, 0.2) is 5.65 Å². The lowest BCUT2D eigenvalue weighted by atomic mass is 10.5. The van der Waals surface area contributed by atoms with Gasteiger partial charge in [-0.05, 0) is 22.8 Å². The van der Waals surface area contributed by atoms with Crippen molar-refractivity contribution in [3.8, 4) is 0 Å². The van der Waals surface area contributed by atoms with Crippen LogP contribution in [0.3, 0.4) is 0 Å². The minimum Gasteiger partial charge on any atom is -0.366 e. The molecule has 0 saturated carbocycles. The first-order valence-electron chi connectivity index (χ1n) is 3.34. The molecule has 0 fully saturated rings. The molecule has 2 N–H and O–H groups in total. The van der Waals surface area contributed by atoms with Crippen LogP contribution < -0.4 is 5.73 Å². The molecular weight excluding hydrogens is 172 g/mol. The molecule has 0 aliphatic carbocycles. The third kappa shape index (κ3) is 1.10. The van der Waals surface area contributed by atoms with Crippen LogP contribution in [-0.2, 0) is 0 Å². The quantitative estimate of drug-likeness (QED) is 0.389. The fraction of sp³-hybridized carbons (Fsp3) is 0. The maximum absolute atomic E-state index is 8.16. The van der Waals surface area contributed by atoms with Gasteiger partial charge in [-0.1, -0.05) is 0 Å². The lowest BCUT2D eigenvalue weighted by molar-refractivity contribution is 0.936. The third-order valence-electron chi connectivity index (χ3n) is 1.42. The molecule has 0 radical (unpaired) electrons. The van der Waals surface area contributed by atoms with Crippen LogP contribution in [0.5, 0.6) is 0 Å². The summed E-state index contributed by atoms with van der Waals surface area (Å²) in [4.78, 5) is 2.59. The highest BCUT2D eigenvalue weighted by Gasteiger charge is 2.01. The van der Waals surface area contributed by atoms with Crippen LogP contribution in [0.15, 0.2) is 17.2 Å². The monoisotopic (exact) mass is 176 g/mol. The predicted octanol–water partition coefficient (Wildman–Crippen LogP) is 0.648. The Balaban J connectivity index is 2.72. The minimum absolute atomic E-state index is 0.157. The average molecular weight is 176 g/mol. The summed E-state index contributed by atoms with van der Waals surface area (Å²) in [5, 5.41) is 14.5. The number of fused-ring (bicyclic) bond motifs is 1. The zero-order chi connectivity index (χ0) is 9.26. The molecule has 0 amide bonds. The number of nitrogens with two attached hydrogens (primary N) is 1. The largest absolute Gasteiger partial charge is 0.366 e. The van der Waals surface area contributed by atoms with Crippen molar-refractivity contribution >= 4 is 17.4 Å². The van der Waals surface area contributed by atoms with E-state index in [-0.39, 0.29) is 11.8 Å². The summed E-state index contributed by atoms with van der Waals surface area (Å²) in [6.45, 7) is 0. The van der Waals surface area contributed by atoms with Crippen LogP contribution >= 0.6 is 0 Å².